The van der Waals surface area contributed by atoms with Gasteiger partial charge in [0, 0.05) is 23.6 Å². The van der Waals surface area contributed by atoms with Crippen molar-refractivity contribution in [3.05, 3.63) is 78.1 Å². The van der Waals surface area contributed by atoms with Crippen molar-refractivity contribution >= 4 is 21.2 Å². The summed E-state index contributed by atoms with van der Waals surface area (Å²) in [4.78, 5) is 10.3. The Labute approximate surface area is 179 Å². The molecule has 1 N–H and O–H groups in total. The summed E-state index contributed by atoms with van der Waals surface area (Å²) in [6.45, 7) is 1.91. The lowest BCUT2D eigenvalue weighted by molar-refractivity contribution is 0.277. The number of aryl methyl sites for hydroxylation is 1. The molecule has 0 radical (unpaired) electrons. The van der Waals surface area contributed by atoms with E-state index in [1.807, 2.05) is 37.3 Å². The molecule has 2 heterocycles. The van der Waals surface area contributed by atoms with Gasteiger partial charge < -0.3 is 5.11 Å². The molecule has 152 valence electrons. The molecule has 5 nitrogen and oxygen atoms in total. The number of hydrogen-bond acceptors (Lipinski definition) is 6. The highest BCUT2D eigenvalue weighted by Crippen LogP contribution is 2.41. The number of nitrogens with zero attached hydrogens (tertiary/aromatic N) is 2. The van der Waals surface area contributed by atoms with Gasteiger partial charge in [0.25, 0.3) is 0 Å². The third kappa shape index (κ3) is 4.18. The normalized spacial score (nSPS) is 11.6. The summed E-state index contributed by atoms with van der Waals surface area (Å²) in [5, 5.41) is 10.3. The second-order valence-electron chi connectivity index (χ2n) is 7.06. The van der Waals surface area contributed by atoms with E-state index in [9.17, 15) is 13.5 Å². The lowest BCUT2D eigenvalue weighted by atomic mass is 10.0. The first-order valence-corrected chi connectivity index (χ1v) is 12.0. The Kier molecular flexibility index (Phi) is 5.51. The summed E-state index contributed by atoms with van der Waals surface area (Å²) >= 11 is 1.53. The van der Waals surface area contributed by atoms with Gasteiger partial charge in [-0.2, -0.15) is 0 Å². The van der Waals surface area contributed by atoms with Gasteiger partial charge in [0.05, 0.1) is 27.8 Å². The largest absolute Gasteiger partial charge is 0.390 e. The first kappa shape index (κ1) is 20.4. The molecule has 0 aliphatic heterocycles. The van der Waals surface area contributed by atoms with Crippen molar-refractivity contribution in [2.24, 2.45) is 0 Å². The highest BCUT2D eigenvalue weighted by atomic mass is 32.2. The molecule has 0 spiro atoms. The quantitative estimate of drug-likeness (QED) is 0.489. The minimum atomic E-state index is -3.25. The summed E-state index contributed by atoms with van der Waals surface area (Å²) in [5.41, 5.74) is 5.36. The van der Waals surface area contributed by atoms with Crippen LogP contribution in [0.15, 0.2) is 71.8 Å². The maximum absolute atomic E-state index is 11.8. The highest BCUT2D eigenvalue weighted by molar-refractivity contribution is 7.90. The predicted molar refractivity (Wildman–Crippen MR) is 120 cm³/mol. The fourth-order valence-corrected chi connectivity index (χ4v) is 4.90. The standard InChI is InChI=1S/C23H20N2O3S2/c1-15-4-3-5-17(12-15)21-22(18-10-11-24-19(13-18)14-26)29-23(25-21)16-6-8-20(9-7-16)30(2,27)28/h3-13,26H,14H2,1-2H3. The monoisotopic (exact) mass is 436 g/mol. The zero-order valence-corrected chi connectivity index (χ0v) is 18.2. The maximum Gasteiger partial charge on any atom is 0.175 e. The molecule has 0 bridgehead atoms. The van der Waals surface area contributed by atoms with Crippen LogP contribution in [0.2, 0.25) is 0 Å². The van der Waals surface area contributed by atoms with Gasteiger partial charge in [-0.05, 0) is 42.8 Å². The van der Waals surface area contributed by atoms with Crippen LogP contribution in [0, 0.1) is 6.92 Å². The van der Waals surface area contributed by atoms with Gasteiger partial charge in [0.1, 0.15) is 5.01 Å². The number of rotatable bonds is 5. The van der Waals surface area contributed by atoms with E-state index in [0.29, 0.717) is 5.69 Å². The van der Waals surface area contributed by atoms with Crippen LogP contribution in [0.5, 0.6) is 0 Å². The van der Waals surface area contributed by atoms with Crippen molar-refractivity contribution in [3.63, 3.8) is 0 Å². The first-order valence-electron chi connectivity index (χ1n) is 9.29. The number of thiazole rings is 1. The second-order valence-corrected chi connectivity index (χ2v) is 10.1. The molecule has 0 aliphatic rings. The zero-order chi connectivity index (χ0) is 21.3. The number of benzene rings is 2. The predicted octanol–water partition coefficient (Wildman–Crippen LogP) is 4.74. The van der Waals surface area contributed by atoms with Crippen LogP contribution in [-0.4, -0.2) is 29.7 Å². The fraction of sp³-hybridized carbons (Fsp3) is 0.130. The van der Waals surface area contributed by atoms with E-state index in [1.165, 1.54) is 17.6 Å². The molecule has 0 saturated carbocycles. The van der Waals surface area contributed by atoms with Crippen LogP contribution >= 0.6 is 11.3 Å². The lowest BCUT2D eigenvalue weighted by Gasteiger charge is -2.05. The topological polar surface area (TPSA) is 80.2 Å². The Bertz CT molecular complexity index is 1310. The van der Waals surface area contributed by atoms with Crippen molar-refractivity contribution in [1.29, 1.82) is 0 Å². The van der Waals surface area contributed by atoms with Gasteiger partial charge in [-0.3, -0.25) is 4.98 Å². The summed E-state index contributed by atoms with van der Waals surface area (Å²) in [6, 6.07) is 18.7. The van der Waals surface area contributed by atoms with Crippen LogP contribution in [0.3, 0.4) is 0 Å². The third-order valence-corrected chi connectivity index (χ3v) is 6.97. The van der Waals surface area contributed by atoms with E-state index in [4.69, 9.17) is 4.98 Å². The number of aliphatic hydroxyl groups is 1. The summed E-state index contributed by atoms with van der Waals surface area (Å²) in [7, 11) is -3.25. The van der Waals surface area contributed by atoms with E-state index in [-0.39, 0.29) is 11.5 Å². The summed E-state index contributed by atoms with van der Waals surface area (Å²) in [6.07, 6.45) is 2.88. The zero-order valence-electron chi connectivity index (χ0n) is 16.5. The van der Waals surface area contributed by atoms with Crippen molar-refractivity contribution in [3.8, 4) is 32.3 Å². The average Bonchev–Trinajstić information content (AvgIpc) is 3.19. The molecule has 0 amide bonds. The maximum atomic E-state index is 11.8. The number of hydrogen-bond donors (Lipinski definition) is 1. The minimum Gasteiger partial charge on any atom is -0.390 e. The third-order valence-electron chi connectivity index (χ3n) is 4.69. The van der Waals surface area contributed by atoms with E-state index < -0.39 is 9.84 Å². The highest BCUT2D eigenvalue weighted by Gasteiger charge is 2.17. The second kappa shape index (κ2) is 8.10. The summed E-state index contributed by atoms with van der Waals surface area (Å²) in [5.74, 6) is 0. The molecule has 0 fully saturated rings. The number of pyridine rings is 1. The minimum absolute atomic E-state index is 0.133. The van der Waals surface area contributed by atoms with E-state index in [2.05, 4.69) is 11.1 Å². The first-order chi connectivity index (χ1) is 14.3. The van der Waals surface area contributed by atoms with E-state index >= 15 is 0 Å². The van der Waals surface area contributed by atoms with Gasteiger partial charge in [-0.1, -0.05) is 35.9 Å². The van der Waals surface area contributed by atoms with Gasteiger partial charge in [0.15, 0.2) is 9.84 Å². The molecule has 2 aromatic carbocycles. The molecule has 0 unspecified atom stereocenters. The van der Waals surface area contributed by atoms with Crippen LogP contribution in [0.1, 0.15) is 11.3 Å². The molecule has 7 heteroatoms. The molecule has 4 rings (SSSR count). The molecular formula is C23H20N2O3S2. The van der Waals surface area contributed by atoms with E-state index in [0.717, 1.165) is 37.8 Å². The smallest absolute Gasteiger partial charge is 0.175 e. The SMILES string of the molecule is Cc1cccc(-c2nc(-c3ccc(S(C)(=O)=O)cc3)sc2-c2ccnc(CO)c2)c1. The van der Waals surface area contributed by atoms with Gasteiger partial charge in [-0.25, -0.2) is 13.4 Å². The average molecular weight is 437 g/mol. The number of sulfone groups is 1. The van der Waals surface area contributed by atoms with Crippen molar-refractivity contribution in [2.75, 3.05) is 6.26 Å². The molecule has 30 heavy (non-hydrogen) atoms. The Morgan fingerprint density at radius 1 is 0.967 bits per heavy atom. The van der Waals surface area contributed by atoms with Crippen molar-refractivity contribution in [1.82, 2.24) is 9.97 Å². The Hall–Kier alpha value is -2.87. The van der Waals surface area contributed by atoms with Crippen molar-refractivity contribution < 1.29 is 13.5 Å². The molecule has 0 aliphatic carbocycles. The van der Waals surface area contributed by atoms with Gasteiger partial charge >= 0.3 is 0 Å². The lowest BCUT2D eigenvalue weighted by Crippen LogP contribution is -1.96. The van der Waals surface area contributed by atoms with Crippen LogP contribution < -0.4 is 0 Å². The summed E-state index contributed by atoms with van der Waals surface area (Å²) < 4.78 is 23.5. The van der Waals surface area contributed by atoms with Crippen LogP contribution in [0.4, 0.5) is 0 Å². The van der Waals surface area contributed by atoms with Crippen molar-refractivity contribution in [2.45, 2.75) is 18.4 Å². The Morgan fingerprint density at radius 2 is 1.73 bits per heavy atom. The van der Waals surface area contributed by atoms with Crippen LogP contribution in [-0.2, 0) is 16.4 Å². The molecule has 0 saturated heterocycles. The Balaban J connectivity index is 1.87. The Morgan fingerprint density at radius 3 is 2.40 bits per heavy atom. The molecule has 2 aromatic heterocycles. The van der Waals surface area contributed by atoms with Crippen LogP contribution in [0.25, 0.3) is 32.3 Å². The number of aromatic nitrogens is 2. The van der Waals surface area contributed by atoms with Gasteiger partial charge in [-0.15, -0.1) is 11.3 Å². The van der Waals surface area contributed by atoms with Gasteiger partial charge in [0.2, 0.25) is 0 Å². The van der Waals surface area contributed by atoms with E-state index in [1.54, 1.807) is 30.5 Å². The number of aliphatic hydroxyl groups excluding tert-OH is 1. The molecule has 0 atom stereocenters. The molecular weight excluding hydrogens is 416 g/mol. The fourth-order valence-electron chi connectivity index (χ4n) is 3.18. The molecule has 4 aromatic rings.